The fraction of sp³-hybridized carbons (Fsp3) is 0.290. The number of halogens is 3. The van der Waals surface area contributed by atoms with E-state index in [2.05, 4.69) is 115 Å². The molecule has 0 aromatic heterocycles. The third-order valence-electron chi connectivity index (χ3n) is 6.38. The van der Waals surface area contributed by atoms with Crippen LogP contribution in [0.1, 0.15) is 63.4 Å². The molecule has 0 N–H and O–H groups in total. The van der Waals surface area contributed by atoms with Gasteiger partial charge in [-0.3, -0.25) is 0 Å². The van der Waals surface area contributed by atoms with Gasteiger partial charge >= 0.3 is 21.7 Å². The van der Waals surface area contributed by atoms with Crippen LogP contribution in [0.4, 0.5) is 0 Å². The molecule has 0 saturated heterocycles. The Morgan fingerprint density at radius 2 is 0.800 bits per heavy atom. The molecular weight excluding hydrogens is 527 g/mol. The van der Waals surface area contributed by atoms with Gasteiger partial charge in [0.15, 0.2) is 0 Å². The number of rotatable bonds is 4. The van der Waals surface area contributed by atoms with Crippen molar-refractivity contribution in [2.45, 2.75) is 60.3 Å². The predicted octanol–water partition coefficient (Wildman–Crippen LogP) is -1.04. The molecule has 0 nitrogen and oxygen atoms in total. The van der Waals surface area contributed by atoms with Crippen LogP contribution in [0.15, 0.2) is 71.8 Å². The summed E-state index contributed by atoms with van der Waals surface area (Å²) in [4.78, 5) is 0. The van der Waals surface area contributed by atoms with Gasteiger partial charge in [0, 0.05) is 5.41 Å². The fourth-order valence-electron chi connectivity index (χ4n) is 5.44. The van der Waals surface area contributed by atoms with Crippen molar-refractivity contribution in [2.75, 3.05) is 0 Å². The Hall–Kier alpha value is -1.28. The van der Waals surface area contributed by atoms with Gasteiger partial charge < -0.3 is 37.2 Å². The summed E-state index contributed by atoms with van der Waals surface area (Å²) in [6, 6.07) is 21.1. The Labute approximate surface area is 245 Å². The van der Waals surface area contributed by atoms with Crippen LogP contribution in [0.5, 0.6) is 0 Å². The minimum atomic E-state index is -0.363. The zero-order valence-electron chi connectivity index (χ0n) is 21.6. The van der Waals surface area contributed by atoms with E-state index < -0.39 is 0 Å². The second-order valence-corrected chi connectivity index (χ2v) is 9.57. The van der Waals surface area contributed by atoms with Crippen molar-refractivity contribution < 1.29 is 58.9 Å². The molecule has 35 heavy (non-hydrogen) atoms. The second kappa shape index (κ2) is 13.3. The van der Waals surface area contributed by atoms with E-state index in [1.54, 1.807) is 0 Å². The number of hydrogen-bond acceptors (Lipinski definition) is 0. The van der Waals surface area contributed by atoms with Gasteiger partial charge in [-0.15, -0.1) is 0 Å². The molecule has 4 heteroatoms. The number of allylic oxidation sites excluding steroid dienone is 4. The minimum absolute atomic E-state index is 0. The third-order valence-corrected chi connectivity index (χ3v) is 6.38. The maximum atomic E-state index is 3.78. The van der Waals surface area contributed by atoms with Gasteiger partial charge in [-0.2, -0.15) is 5.57 Å². The Morgan fingerprint density at radius 3 is 1.03 bits per heavy atom. The van der Waals surface area contributed by atoms with E-state index in [1.165, 1.54) is 61.2 Å². The predicted molar refractivity (Wildman–Crippen MR) is 133 cm³/mol. The molecule has 182 valence electrons. The van der Waals surface area contributed by atoms with Crippen molar-refractivity contribution in [2.24, 2.45) is 0 Å². The molecule has 0 atom stereocenters. The topological polar surface area (TPSA) is 0 Å². The first-order chi connectivity index (χ1) is 14.7. The first-order valence-electron chi connectivity index (χ1n) is 11.2. The number of hydrogen-bond donors (Lipinski definition) is 0. The van der Waals surface area contributed by atoms with Gasteiger partial charge in [-0.25, -0.2) is 17.7 Å². The van der Waals surface area contributed by atoms with E-state index in [1.807, 2.05) is 0 Å². The average molecular weight is 560 g/mol. The fourth-order valence-corrected chi connectivity index (χ4v) is 5.44. The van der Waals surface area contributed by atoms with Gasteiger partial charge in [-0.1, -0.05) is 101 Å². The Kier molecular flexibility index (Phi) is 12.8. The zero-order valence-corrected chi connectivity index (χ0v) is 25.4. The Balaban J connectivity index is 0.00000289. The van der Waals surface area contributed by atoms with Crippen molar-refractivity contribution in [3.05, 3.63) is 128 Å². The molecule has 0 heterocycles. The average Bonchev–Trinajstić information content (AvgIpc) is 3.06. The second-order valence-electron chi connectivity index (χ2n) is 9.57. The van der Waals surface area contributed by atoms with Gasteiger partial charge in [-0.05, 0) is 58.2 Å². The van der Waals surface area contributed by atoms with Crippen LogP contribution in [0.25, 0.3) is 0 Å². The van der Waals surface area contributed by atoms with Crippen LogP contribution < -0.4 is 37.2 Å². The summed E-state index contributed by atoms with van der Waals surface area (Å²) in [7, 11) is 0. The summed E-state index contributed by atoms with van der Waals surface area (Å²) >= 11 is 0. The van der Waals surface area contributed by atoms with Crippen LogP contribution in [0.3, 0.4) is 0 Å². The van der Waals surface area contributed by atoms with Gasteiger partial charge in [0.1, 0.15) is 0 Å². The van der Waals surface area contributed by atoms with Crippen molar-refractivity contribution in [1.29, 1.82) is 0 Å². The van der Waals surface area contributed by atoms with Crippen molar-refractivity contribution in [1.82, 2.24) is 0 Å². The van der Waals surface area contributed by atoms with Crippen molar-refractivity contribution in [3.63, 3.8) is 0 Å². The smallest absolute Gasteiger partial charge is 1.00 e. The van der Waals surface area contributed by atoms with Crippen molar-refractivity contribution in [3.8, 4) is 0 Å². The van der Waals surface area contributed by atoms with E-state index in [-0.39, 0.29) is 64.4 Å². The Bertz CT molecular complexity index is 1050. The molecule has 0 saturated carbocycles. The van der Waals surface area contributed by atoms with Gasteiger partial charge in [0.05, 0.1) is 0 Å². The summed E-state index contributed by atoms with van der Waals surface area (Å²) in [5, 5.41) is 0. The normalized spacial score (nSPS) is 12.3. The molecule has 0 unspecified atom stereocenters. The van der Waals surface area contributed by atoms with Gasteiger partial charge in [0.2, 0.25) is 0 Å². The summed E-state index contributed by atoms with van der Waals surface area (Å²) in [5.41, 5.74) is 14.0. The molecular formula is C31H33Cl3Ti. The maximum Gasteiger partial charge on any atom is 4.00 e. The molecule has 0 amide bonds. The molecule has 0 aliphatic heterocycles. The standard InChI is InChI=1S/C31H33.3ClH.Ti/c1-20-8-9-27(13-20)31(28-14-21(2)10-22(3)15-28,29-16-23(4)11-24(5)17-29)30-18-25(6)12-26(7)19-30;;;;/h8,10-12,14-19H,9H2,1-7H3;3*1H;/q-1;;;;+4/p-3. The molecule has 0 radical (unpaired) electrons. The third kappa shape index (κ3) is 6.74. The molecule has 1 aliphatic carbocycles. The molecule has 3 aromatic carbocycles. The van der Waals surface area contributed by atoms with Crippen LogP contribution in [-0.4, -0.2) is 0 Å². The van der Waals surface area contributed by atoms with Crippen LogP contribution >= 0.6 is 0 Å². The van der Waals surface area contributed by atoms with E-state index in [9.17, 15) is 0 Å². The quantitative estimate of drug-likeness (QED) is 0.218. The molecule has 0 spiro atoms. The van der Waals surface area contributed by atoms with Crippen LogP contribution in [0, 0.1) is 47.6 Å². The SMILES string of the molecule is CC1=CCC(C(c2cc(C)cc(C)c2)(c2cc(C)cc(C)c2)c2cc(C)cc(C)c2)=[C-]1.[Cl-].[Cl-].[Cl-].[Ti+4]. The summed E-state index contributed by atoms with van der Waals surface area (Å²) in [6.07, 6.45) is 7.03. The number of benzene rings is 3. The molecule has 4 rings (SSSR count). The maximum absolute atomic E-state index is 3.78. The van der Waals surface area contributed by atoms with Gasteiger partial charge in [0.25, 0.3) is 0 Å². The Morgan fingerprint density at radius 1 is 0.514 bits per heavy atom. The first kappa shape index (κ1) is 33.7. The monoisotopic (exact) mass is 558 g/mol. The molecule has 0 bridgehead atoms. The number of aryl methyl sites for hydroxylation is 6. The van der Waals surface area contributed by atoms with E-state index in [4.69, 9.17) is 0 Å². The minimum Gasteiger partial charge on any atom is -1.00 e. The molecule has 1 aliphatic rings. The molecule has 3 aromatic rings. The van der Waals surface area contributed by atoms with E-state index in [0.717, 1.165) is 6.42 Å². The van der Waals surface area contributed by atoms with Crippen LogP contribution in [0.2, 0.25) is 0 Å². The van der Waals surface area contributed by atoms with Crippen LogP contribution in [-0.2, 0) is 27.1 Å². The summed E-state index contributed by atoms with van der Waals surface area (Å²) in [5.74, 6) is 0. The van der Waals surface area contributed by atoms with Crippen molar-refractivity contribution >= 4 is 0 Å². The zero-order chi connectivity index (χ0) is 22.3. The molecule has 0 fully saturated rings. The van der Waals surface area contributed by atoms with E-state index in [0.29, 0.717) is 0 Å². The largest absolute Gasteiger partial charge is 4.00 e. The summed E-state index contributed by atoms with van der Waals surface area (Å²) < 4.78 is 0. The summed E-state index contributed by atoms with van der Waals surface area (Å²) in [6.45, 7) is 15.4. The van der Waals surface area contributed by atoms with E-state index >= 15 is 0 Å². The first-order valence-corrected chi connectivity index (χ1v) is 11.2.